The number of carbonyl (C=O) groups excluding carboxylic acids is 1. The van der Waals surface area contributed by atoms with Gasteiger partial charge in [-0.2, -0.15) is 0 Å². The molecule has 0 heterocycles. The summed E-state index contributed by atoms with van der Waals surface area (Å²) in [6, 6.07) is 0. The smallest absolute Gasteiger partial charge is 0.319 e. The standard InChI is InChI=1S/C2H5O2P/c1-4-2(3)5/h5H2,1H3. The van der Waals surface area contributed by atoms with Gasteiger partial charge in [-0.3, -0.25) is 0 Å². The van der Waals surface area contributed by atoms with Gasteiger partial charge in [0.25, 0.3) is 0 Å². The van der Waals surface area contributed by atoms with Crippen molar-refractivity contribution in [3.63, 3.8) is 0 Å². The Morgan fingerprint density at radius 2 is 2.20 bits per heavy atom. The molecule has 0 amide bonds. The third-order valence-electron chi connectivity index (χ3n) is 0.201. The summed E-state index contributed by atoms with van der Waals surface area (Å²) in [6.07, 6.45) is 0. The zero-order chi connectivity index (χ0) is 4.28. The average Bonchev–Trinajstić information content (AvgIpc) is 1.38. The lowest BCUT2D eigenvalue weighted by Gasteiger charge is -1.80. The number of hydrogen-bond donors (Lipinski definition) is 0. The van der Waals surface area contributed by atoms with Gasteiger partial charge in [0.15, 0.2) is 0 Å². The number of methoxy groups -OCH3 is 1. The van der Waals surface area contributed by atoms with Gasteiger partial charge < -0.3 is 4.74 Å². The van der Waals surface area contributed by atoms with Crippen molar-refractivity contribution in [2.45, 2.75) is 0 Å². The molecule has 0 bridgehead atoms. The van der Waals surface area contributed by atoms with E-state index in [9.17, 15) is 4.79 Å². The van der Waals surface area contributed by atoms with Gasteiger partial charge in [0.1, 0.15) is 0 Å². The van der Waals surface area contributed by atoms with Gasteiger partial charge >= 0.3 is 5.71 Å². The summed E-state index contributed by atoms with van der Waals surface area (Å²) < 4.78 is 4.07. The molecule has 0 radical (unpaired) electrons. The fourth-order valence-electron chi connectivity index (χ4n) is 0. The minimum atomic E-state index is -0.329. The Labute approximate surface area is 32.7 Å². The van der Waals surface area contributed by atoms with Gasteiger partial charge in [-0.15, -0.1) is 0 Å². The highest BCUT2D eigenvalue weighted by atomic mass is 31.0. The third kappa shape index (κ3) is 3.90. The summed E-state index contributed by atoms with van der Waals surface area (Å²) in [6.45, 7) is 0. The molecule has 0 aromatic heterocycles. The monoisotopic (exact) mass is 92.0 g/mol. The van der Waals surface area contributed by atoms with Crippen LogP contribution >= 0.6 is 9.24 Å². The summed E-state index contributed by atoms with van der Waals surface area (Å²) in [5.41, 5.74) is -0.329. The summed E-state index contributed by atoms with van der Waals surface area (Å²) in [5.74, 6) is 0. The van der Waals surface area contributed by atoms with E-state index in [1.54, 1.807) is 0 Å². The predicted molar refractivity (Wildman–Crippen MR) is 22.1 cm³/mol. The summed E-state index contributed by atoms with van der Waals surface area (Å²) in [5, 5.41) is 0. The first-order valence-electron chi connectivity index (χ1n) is 1.11. The molecule has 0 aliphatic heterocycles. The Bertz CT molecular complexity index is 42.9. The minimum absolute atomic E-state index is 0.329. The molecular formula is C2H5O2P. The lowest BCUT2D eigenvalue weighted by atomic mass is 11.5. The highest BCUT2D eigenvalue weighted by Gasteiger charge is 1.75. The number of rotatable bonds is 0. The van der Waals surface area contributed by atoms with E-state index in [1.165, 1.54) is 7.11 Å². The van der Waals surface area contributed by atoms with Crippen molar-refractivity contribution in [2.24, 2.45) is 0 Å². The van der Waals surface area contributed by atoms with E-state index >= 15 is 0 Å². The highest BCUT2D eigenvalue weighted by molar-refractivity contribution is 7.39. The highest BCUT2D eigenvalue weighted by Crippen LogP contribution is 1.83. The molecule has 0 saturated heterocycles. The van der Waals surface area contributed by atoms with Crippen LogP contribution in [0.15, 0.2) is 0 Å². The molecule has 0 rings (SSSR count). The molecule has 3 heteroatoms. The second-order valence-electron chi connectivity index (χ2n) is 0.523. The Hall–Kier alpha value is -0.100. The Balaban J connectivity index is 2.85. The van der Waals surface area contributed by atoms with Crippen LogP contribution < -0.4 is 0 Å². The van der Waals surface area contributed by atoms with E-state index in [-0.39, 0.29) is 5.71 Å². The predicted octanol–water partition coefficient (Wildman–Crippen LogP) is 0.628. The van der Waals surface area contributed by atoms with E-state index in [0.29, 0.717) is 0 Å². The van der Waals surface area contributed by atoms with E-state index in [4.69, 9.17) is 0 Å². The molecule has 0 aromatic rings. The van der Waals surface area contributed by atoms with Crippen molar-refractivity contribution in [2.75, 3.05) is 7.11 Å². The van der Waals surface area contributed by atoms with Crippen molar-refractivity contribution in [1.29, 1.82) is 0 Å². The van der Waals surface area contributed by atoms with Crippen molar-refractivity contribution >= 4 is 15.0 Å². The fraction of sp³-hybridized carbons (Fsp3) is 0.500. The lowest BCUT2D eigenvalue weighted by Crippen LogP contribution is -1.79. The normalized spacial score (nSPS) is 6.80. The van der Waals surface area contributed by atoms with Crippen LogP contribution in [-0.4, -0.2) is 12.8 Å². The van der Waals surface area contributed by atoms with Gasteiger partial charge in [-0.25, -0.2) is 4.79 Å². The van der Waals surface area contributed by atoms with Crippen LogP contribution in [0.5, 0.6) is 0 Å². The van der Waals surface area contributed by atoms with E-state index in [0.717, 1.165) is 0 Å². The molecule has 0 fully saturated rings. The summed E-state index contributed by atoms with van der Waals surface area (Å²) in [7, 11) is 3.20. The fourth-order valence-corrected chi connectivity index (χ4v) is 0. The molecule has 1 atom stereocenters. The van der Waals surface area contributed by atoms with Crippen molar-refractivity contribution in [3.05, 3.63) is 0 Å². The number of carbonyl (C=O) groups is 1. The first-order chi connectivity index (χ1) is 2.27. The molecule has 5 heavy (non-hydrogen) atoms. The van der Waals surface area contributed by atoms with Crippen LogP contribution in [0, 0.1) is 0 Å². The van der Waals surface area contributed by atoms with Gasteiger partial charge in [0.05, 0.1) is 7.11 Å². The second kappa shape index (κ2) is 2.16. The van der Waals surface area contributed by atoms with E-state index in [2.05, 4.69) is 4.74 Å². The van der Waals surface area contributed by atoms with Crippen molar-refractivity contribution in [3.8, 4) is 0 Å². The van der Waals surface area contributed by atoms with Crippen LogP contribution in [-0.2, 0) is 4.74 Å². The van der Waals surface area contributed by atoms with Crippen molar-refractivity contribution in [1.82, 2.24) is 0 Å². The van der Waals surface area contributed by atoms with Crippen LogP contribution in [0.1, 0.15) is 0 Å². The molecule has 1 unspecified atom stereocenters. The Morgan fingerprint density at radius 3 is 2.20 bits per heavy atom. The maximum Gasteiger partial charge on any atom is 0.319 e. The summed E-state index contributed by atoms with van der Waals surface area (Å²) >= 11 is 0. The molecule has 0 aromatic carbocycles. The van der Waals surface area contributed by atoms with Crippen LogP contribution in [0.2, 0.25) is 0 Å². The number of ether oxygens (including phenoxy) is 1. The minimum Gasteiger partial charge on any atom is -0.466 e. The molecule has 0 spiro atoms. The molecule has 30 valence electrons. The molecule has 0 N–H and O–H groups in total. The third-order valence-corrected chi connectivity index (χ3v) is 0.437. The molecular weight excluding hydrogens is 87.0 g/mol. The van der Waals surface area contributed by atoms with Crippen LogP contribution in [0.4, 0.5) is 4.79 Å². The number of hydrogen-bond acceptors (Lipinski definition) is 2. The van der Waals surface area contributed by atoms with Crippen LogP contribution in [0.25, 0.3) is 0 Å². The van der Waals surface area contributed by atoms with Crippen molar-refractivity contribution < 1.29 is 9.53 Å². The second-order valence-corrected chi connectivity index (χ2v) is 0.995. The zero-order valence-electron chi connectivity index (χ0n) is 2.89. The van der Waals surface area contributed by atoms with E-state index < -0.39 is 0 Å². The average molecular weight is 92.0 g/mol. The quantitative estimate of drug-likeness (QED) is 0.409. The van der Waals surface area contributed by atoms with Gasteiger partial charge in [-0.05, 0) is 9.24 Å². The molecule has 0 aliphatic rings. The molecule has 2 nitrogen and oxygen atoms in total. The lowest BCUT2D eigenvalue weighted by molar-refractivity contribution is 0.200. The molecule has 0 saturated carbocycles. The van der Waals surface area contributed by atoms with Gasteiger partial charge in [0, 0.05) is 0 Å². The van der Waals surface area contributed by atoms with Gasteiger partial charge in [0.2, 0.25) is 0 Å². The van der Waals surface area contributed by atoms with Crippen LogP contribution in [0.3, 0.4) is 0 Å². The van der Waals surface area contributed by atoms with Gasteiger partial charge in [-0.1, -0.05) is 0 Å². The maximum atomic E-state index is 9.55. The SMILES string of the molecule is COC(=O)P. The summed E-state index contributed by atoms with van der Waals surface area (Å²) in [4.78, 5) is 9.55. The van der Waals surface area contributed by atoms with E-state index in [1.807, 2.05) is 9.24 Å². The maximum absolute atomic E-state index is 9.55. The Kier molecular flexibility index (Phi) is 2.11. The zero-order valence-corrected chi connectivity index (χ0v) is 4.05. The molecule has 0 aliphatic carbocycles. The first kappa shape index (κ1) is 4.90. The topological polar surface area (TPSA) is 26.3 Å². The first-order valence-corrected chi connectivity index (χ1v) is 1.68. The Morgan fingerprint density at radius 1 is 2.00 bits per heavy atom. The largest absolute Gasteiger partial charge is 0.466 e.